The minimum atomic E-state index is -0.241. The second-order valence-electron chi connectivity index (χ2n) is 7.42. The summed E-state index contributed by atoms with van der Waals surface area (Å²) in [6.45, 7) is 2.36. The Balaban J connectivity index is 1.41. The molecule has 1 amide bonds. The number of hydrogen-bond donors (Lipinski definition) is 1. The zero-order chi connectivity index (χ0) is 21.4. The first-order chi connectivity index (χ1) is 15.1. The summed E-state index contributed by atoms with van der Waals surface area (Å²) in [6.07, 6.45) is 3.47. The van der Waals surface area contributed by atoms with Crippen molar-refractivity contribution in [3.05, 3.63) is 76.5 Å². The Hall–Kier alpha value is -3.46. The van der Waals surface area contributed by atoms with E-state index in [0.717, 1.165) is 16.9 Å². The van der Waals surface area contributed by atoms with Crippen molar-refractivity contribution in [1.82, 2.24) is 29.6 Å². The Labute approximate surface area is 182 Å². The Kier molecular flexibility index (Phi) is 5.03. The van der Waals surface area contributed by atoms with Gasteiger partial charge in [0, 0.05) is 18.4 Å². The average molecular weight is 433 g/mol. The molecule has 5 rings (SSSR count). The average Bonchev–Trinajstić information content (AvgIpc) is 3.38. The molecular formula is C22H20N6O2S. The molecule has 8 nitrogen and oxygen atoms in total. The molecule has 1 atom stereocenters. The minimum Gasteiger partial charge on any atom is -0.350 e. The number of hydrogen-bond acceptors (Lipinski definition) is 6. The lowest BCUT2D eigenvalue weighted by Gasteiger charge is -2.13. The van der Waals surface area contributed by atoms with Gasteiger partial charge in [-0.3, -0.25) is 19.1 Å². The van der Waals surface area contributed by atoms with Gasteiger partial charge in [0.05, 0.1) is 30.2 Å². The summed E-state index contributed by atoms with van der Waals surface area (Å²) in [7, 11) is 0. The van der Waals surface area contributed by atoms with E-state index in [9.17, 15) is 9.59 Å². The summed E-state index contributed by atoms with van der Waals surface area (Å²) >= 11 is 1.49. The highest BCUT2D eigenvalue weighted by Crippen LogP contribution is 2.33. The van der Waals surface area contributed by atoms with Crippen LogP contribution >= 0.6 is 11.8 Å². The maximum absolute atomic E-state index is 13.2. The van der Waals surface area contributed by atoms with Crippen molar-refractivity contribution in [2.45, 2.75) is 31.1 Å². The highest BCUT2D eigenvalue weighted by molar-refractivity contribution is 7.99. The van der Waals surface area contributed by atoms with E-state index in [-0.39, 0.29) is 23.9 Å². The van der Waals surface area contributed by atoms with Crippen LogP contribution < -0.4 is 10.9 Å². The molecule has 9 heteroatoms. The van der Waals surface area contributed by atoms with E-state index in [2.05, 4.69) is 15.4 Å². The van der Waals surface area contributed by atoms with Gasteiger partial charge in [-0.1, -0.05) is 36.0 Å². The van der Waals surface area contributed by atoms with E-state index in [1.165, 1.54) is 11.8 Å². The summed E-state index contributed by atoms with van der Waals surface area (Å²) in [6, 6.07) is 13.2. The first-order valence-electron chi connectivity index (χ1n) is 9.97. The highest BCUT2D eigenvalue weighted by atomic mass is 32.2. The van der Waals surface area contributed by atoms with E-state index in [1.807, 2.05) is 49.4 Å². The molecule has 3 aromatic heterocycles. The Morgan fingerprint density at radius 1 is 1.23 bits per heavy atom. The van der Waals surface area contributed by atoms with Gasteiger partial charge < -0.3 is 5.32 Å². The van der Waals surface area contributed by atoms with Crippen molar-refractivity contribution in [1.29, 1.82) is 0 Å². The molecule has 156 valence electrons. The normalized spacial score (nSPS) is 15.2. The second kappa shape index (κ2) is 7.99. The van der Waals surface area contributed by atoms with Gasteiger partial charge in [-0.25, -0.2) is 9.67 Å². The molecule has 4 aromatic rings. The van der Waals surface area contributed by atoms with Crippen molar-refractivity contribution < 1.29 is 4.79 Å². The van der Waals surface area contributed by atoms with Crippen LogP contribution in [0.2, 0.25) is 0 Å². The smallest absolute Gasteiger partial charge is 0.265 e. The van der Waals surface area contributed by atoms with Crippen LogP contribution in [-0.4, -0.2) is 36.0 Å². The number of fused-ring (bicyclic) bond motifs is 2. The molecule has 0 aliphatic carbocycles. The van der Waals surface area contributed by atoms with E-state index in [1.54, 1.807) is 21.6 Å². The van der Waals surface area contributed by atoms with Gasteiger partial charge in [0.1, 0.15) is 5.39 Å². The molecule has 0 spiro atoms. The number of aromatic nitrogens is 5. The van der Waals surface area contributed by atoms with Gasteiger partial charge in [-0.15, -0.1) is 0 Å². The number of carbonyl (C=O) groups is 1. The van der Waals surface area contributed by atoms with Crippen LogP contribution in [0.1, 0.15) is 23.7 Å². The first-order valence-corrected chi connectivity index (χ1v) is 11.0. The summed E-state index contributed by atoms with van der Waals surface area (Å²) in [4.78, 5) is 34.7. The van der Waals surface area contributed by atoms with Gasteiger partial charge in [-0.2, -0.15) is 5.10 Å². The van der Waals surface area contributed by atoms with Gasteiger partial charge >= 0.3 is 0 Å². The third-order valence-corrected chi connectivity index (χ3v) is 6.43. The van der Waals surface area contributed by atoms with Gasteiger partial charge in [0.15, 0.2) is 10.8 Å². The molecule has 1 aromatic carbocycles. The number of pyridine rings is 1. The number of nitrogens with one attached hydrogen (secondary N) is 1. The van der Waals surface area contributed by atoms with Crippen molar-refractivity contribution >= 4 is 28.7 Å². The second-order valence-corrected chi connectivity index (χ2v) is 8.40. The molecule has 0 saturated heterocycles. The molecule has 1 aliphatic rings. The van der Waals surface area contributed by atoms with Crippen molar-refractivity contribution in [2.24, 2.45) is 0 Å². The van der Waals surface area contributed by atoms with Crippen LogP contribution in [-0.2, 0) is 11.3 Å². The molecule has 1 N–H and O–H groups in total. The molecule has 0 fully saturated rings. The third kappa shape index (κ3) is 3.61. The molecule has 1 aliphatic heterocycles. The quantitative estimate of drug-likeness (QED) is 0.487. The SMILES string of the molecule is Cc1ccccc1-n1ncc2c(=O)n3c(nc21)SCC3CC(=O)NCc1ccccn1. The fourth-order valence-corrected chi connectivity index (χ4v) is 4.87. The molecule has 0 bridgehead atoms. The summed E-state index contributed by atoms with van der Waals surface area (Å²) in [5.41, 5.74) is 3.11. The molecule has 0 radical (unpaired) electrons. The minimum absolute atomic E-state index is 0.119. The summed E-state index contributed by atoms with van der Waals surface area (Å²) < 4.78 is 3.34. The van der Waals surface area contributed by atoms with Gasteiger partial charge in [0.25, 0.3) is 5.56 Å². The van der Waals surface area contributed by atoms with Crippen LogP contribution in [0.15, 0.2) is 64.8 Å². The van der Waals surface area contributed by atoms with Crippen LogP contribution in [0.4, 0.5) is 0 Å². The number of aryl methyl sites for hydroxylation is 1. The van der Waals surface area contributed by atoms with Crippen LogP contribution in [0.5, 0.6) is 0 Å². The van der Waals surface area contributed by atoms with E-state index < -0.39 is 0 Å². The molecule has 31 heavy (non-hydrogen) atoms. The van der Waals surface area contributed by atoms with Crippen LogP contribution in [0, 0.1) is 6.92 Å². The van der Waals surface area contributed by atoms with E-state index in [0.29, 0.717) is 28.5 Å². The fraction of sp³-hybridized carbons (Fsp3) is 0.227. The van der Waals surface area contributed by atoms with Gasteiger partial charge in [0.2, 0.25) is 5.91 Å². The number of thioether (sulfide) groups is 1. The Morgan fingerprint density at radius 3 is 2.87 bits per heavy atom. The number of benzene rings is 1. The Morgan fingerprint density at radius 2 is 2.06 bits per heavy atom. The lowest BCUT2D eigenvalue weighted by atomic mass is 10.2. The zero-order valence-corrected chi connectivity index (χ0v) is 17.7. The van der Waals surface area contributed by atoms with Crippen LogP contribution in [0.3, 0.4) is 0 Å². The zero-order valence-electron chi connectivity index (χ0n) is 16.9. The maximum atomic E-state index is 13.2. The number of para-hydroxylation sites is 1. The third-order valence-electron chi connectivity index (χ3n) is 5.33. The Bertz CT molecular complexity index is 1330. The van der Waals surface area contributed by atoms with Gasteiger partial charge in [-0.05, 0) is 30.7 Å². The highest BCUT2D eigenvalue weighted by Gasteiger charge is 2.29. The number of carbonyl (C=O) groups excluding carboxylic acids is 1. The standard InChI is InChI=1S/C22H20N6O2S/c1-14-6-2-3-8-18(14)28-20-17(12-25-28)21(30)27-16(13-31-22(27)26-20)10-19(29)24-11-15-7-4-5-9-23-15/h2-9,12,16H,10-11,13H2,1H3,(H,24,29). The molecule has 4 heterocycles. The molecule has 1 unspecified atom stereocenters. The largest absolute Gasteiger partial charge is 0.350 e. The lowest BCUT2D eigenvalue weighted by molar-refractivity contribution is -0.121. The molecule has 0 saturated carbocycles. The van der Waals surface area contributed by atoms with Crippen LogP contribution in [0.25, 0.3) is 16.7 Å². The number of amides is 1. The van der Waals surface area contributed by atoms with Crippen molar-refractivity contribution in [2.75, 3.05) is 5.75 Å². The summed E-state index contributed by atoms with van der Waals surface area (Å²) in [5, 5.41) is 8.38. The molecular weight excluding hydrogens is 412 g/mol. The van der Waals surface area contributed by atoms with E-state index >= 15 is 0 Å². The predicted molar refractivity (Wildman–Crippen MR) is 118 cm³/mol. The topological polar surface area (TPSA) is 94.7 Å². The number of nitrogens with zero attached hydrogens (tertiary/aromatic N) is 5. The maximum Gasteiger partial charge on any atom is 0.265 e. The predicted octanol–water partition coefficient (Wildman–Crippen LogP) is 2.64. The summed E-state index contributed by atoms with van der Waals surface area (Å²) in [5.74, 6) is 0.510. The monoisotopic (exact) mass is 432 g/mol. The van der Waals surface area contributed by atoms with Crippen molar-refractivity contribution in [3.63, 3.8) is 0 Å². The first kappa shape index (κ1) is 19.5. The lowest BCUT2D eigenvalue weighted by Crippen LogP contribution is -2.30. The van der Waals surface area contributed by atoms with Crippen molar-refractivity contribution in [3.8, 4) is 5.69 Å². The van der Waals surface area contributed by atoms with E-state index in [4.69, 9.17) is 4.98 Å². The number of rotatable bonds is 5. The fourth-order valence-electron chi connectivity index (χ4n) is 3.74.